The van der Waals surface area contributed by atoms with E-state index in [1.165, 1.54) is 18.2 Å². The van der Waals surface area contributed by atoms with E-state index in [2.05, 4.69) is 4.98 Å². The Bertz CT molecular complexity index is 528. The molecule has 1 aromatic carbocycles. The van der Waals surface area contributed by atoms with Gasteiger partial charge in [-0.2, -0.15) is 0 Å². The van der Waals surface area contributed by atoms with Crippen LogP contribution in [-0.2, 0) is 0 Å². The molecule has 0 bridgehead atoms. The van der Waals surface area contributed by atoms with Crippen molar-refractivity contribution >= 4 is 11.5 Å². The maximum Gasteiger partial charge on any atom is 0.146 e. The Balaban J connectivity index is 2.35. The highest BCUT2D eigenvalue weighted by atomic mass is 19.1. The lowest BCUT2D eigenvalue weighted by Gasteiger charge is -2.24. The summed E-state index contributed by atoms with van der Waals surface area (Å²) in [4.78, 5) is 5.69. The van der Waals surface area contributed by atoms with Gasteiger partial charge in [0, 0.05) is 6.54 Å². The second kappa shape index (κ2) is 6.24. The molecule has 0 aliphatic rings. The van der Waals surface area contributed by atoms with Crippen LogP contribution in [0.2, 0.25) is 0 Å². The van der Waals surface area contributed by atoms with E-state index in [4.69, 9.17) is 5.73 Å². The third-order valence-electron chi connectivity index (χ3n) is 2.72. The van der Waals surface area contributed by atoms with Gasteiger partial charge in [0.2, 0.25) is 0 Å². The van der Waals surface area contributed by atoms with Crippen LogP contribution >= 0.6 is 0 Å². The van der Waals surface area contributed by atoms with Gasteiger partial charge in [-0.05, 0) is 37.2 Å². The fourth-order valence-electron chi connectivity index (χ4n) is 1.81. The minimum Gasteiger partial charge on any atom is -0.330 e. The van der Waals surface area contributed by atoms with Gasteiger partial charge in [0.1, 0.15) is 17.5 Å². The van der Waals surface area contributed by atoms with Gasteiger partial charge in [-0.1, -0.05) is 12.1 Å². The van der Waals surface area contributed by atoms with Gasteiger partial charge in [-0.15, -0.1) is 0 Å². The highest BCUT2D eigenvalue weighted by Gasteiger charge is 2.13. The Morgan fingerprint density at radius 2 is 1.89 bits per heavy atom. The van der Waals surface area contributed by atoms with Crippen LogP contribution in [0.3, 0.4) is 0 Å². The monoisotopic (exact) mass is 263 g/mol. The topological polar surface area (TPSA) is 42.1 Å². The smallest absolute Gasteiger partial charge is 0.146 e. The summed E-state index contributed by atoms with van der Waals surface area (Å²) in [6, 6.07) is 9.25. The summed E-state index contributed by atoms with van der Waals surface area (Å²) in [5.41, 5.74) is 5.91. The average molecular weight is 263 g/mol. The predicted octanol–water partition coefficient (Wildman–Crippen LogP) is 2.85. The first kappa shape index (κ1) is 13.4. The number of pyridine rings is 1. The third kappa shape index (κ3) is 3.26. The number of anilines is 2. The zero-order chi connectivity index (χ0) is 13.7. The van der Waals surface area contributed by atoms with Crippen LogP contribution in [0, 0.1) is 11.6 Å². The zero-order valence-corrected chi connectivity index (χ0v) is 10.4. The van der Waals surface area contributed by atoms with E-state index < -0.39 is 5.82 Å². The Labute approximate surface area is 110 Å². The molecule has 0 spiro atoms. The Morgan fingerprint density at radius 1 is 1.11 bits per heavy atom. The van der Waals surface area contributed by atoms with Crippen LogP contribution in [-0.4, -0.2) is 18.1 Å². The van der Waals surface area contributed by atoms with Crippen molar-refractivity contribution in [3.8, 4) is 0 Å². The molecule has 0 saturated carbocycles. The summed E-state index contributed by atoms with van der Waals surface area (Å²) < 4.78 is 26.8. The SMILES string of the molecule is NCCCN(c1ccc(F)cn1)c1ccccc1F. The van der Waals surface area contributed by atoms with Crippen molar-refractivity contribution < 1.29 is 8.78 Å². The van der Waals surface area contributed by atoms with Crippen molar-refractivity contribution in [2.45, 2.75) is 6.42 Å². The lowest BCUT2D eigenvalue weighted by Crippen LogP contribution is -2.22. The van der Waals surface area contributed by atoms with Gasteiger partial charge in [0.15, 0.2) is 0 Å². The number of rotatable bonds is 5. The molecule has 0 amide bonds. The maximum atomic E-state index is 13.9. The second-order valence-corrected chi connectivity index (χ2v) is 4.08. The van der Waals surface area contributed by atoms with Crippen LogP contribution in [0.5, 0.6) is 0 Å². The van der Waals surface area contributed by atoms with Crippen molar-refractivity contribution in [2.75, 3.05) is 18.0 Å². The molecule has 2 aromatic rings. The highest BCUT2D eigenvalue weighted by Crippen LogP contribution is 2.26. The van der Waals surface area contributed by atoms with Crippen LogP contribution < -0.4 is 10.6 Å². The van der Waals surface area contributed by atoms with Crippen molar-refractivity contribution in [1.29, 1.82) is 0 Å². The van der Waals surface area contributed by atoms with Crippen molar-refractivity contribution in [2.24, 2.45) is 5.73 Å². The van der Waals surface area contributed by atoms with Gasteiger partial charge in [-0.25, -0.2) is 13.8 Å². The van der Waals surface area contributed by atoms with Crippen LogP contribution in [0.4, 0.5) is 20.3 Å². The van der Waals surface area contributed by atoms with Gasteiger partial charge in [0.25, 0.3) is 0 Å². The van der Waals surface area contributed by atoms with E-state index >= 15 is 0 Å². The van der Waals surface area contributed by atoms with Crippen LogP contribution in [0.1, 0.15) is 6.42 Å². The molecule has 0 radical (unpaired) electrons. The third-order valence-corrected chi connectivity index (χ3v) is 2.72. The van der Waals surface area contributed by atoms with Crippen molar-refractivity contribution in [3.05, 3.63) is 54.2 Å². The number of nitrogens with two attached hydrogens (primary N) is 1. The molecular formula is C14H15F2N3. The Hall–Kier alpha value is -2.01. The van der Waals surface area contributed by atoms with Crippen LogP contribution in [0.15, 0.2) is 42.6 Å². The molecule has 0 aliphatic carbocycles. The molecule has 1 aromatic heterocycles. The summed E-state index contributed by atoms with van der Waals surface area (Å²) in [5.74, 6) is -0.262. The molecule has 0 fully saturated rings. The lowest BCUT2D eigenvalue weighted by molar-refractivity contribution is 0.617. The summed E-state index contributed by atoms with van der Waals surface area (Å²) in [6.45, 7) is 1.02. The molecule has 0 saturated heterocycles. The molecule has 2 rings (SSSR count). The van der Waals surface area contributed by atoms with Crippen LogP contribution in [0.25, 0.3) is 0 Å². The van der Waals surface area contributed by atoms with E-state index in [1.807, 2.05) is 0 Å². The van der Waals surface area contributed by atoms with Gasteiger partial charge >= 0.3 is 0 Å². The van der Waals surface area contributed by atoms with E-state index in [0.29, 0.717) is 31.0 Å². The Morgan fingerprint density at radius 3 is 2.53 bits per heavy atom. The minimum absolute atomic E-state index is 0.342. The molecule has 0 atom stereocenters. The van der Waals surface area contributed by atoms with Crippen molar-refractivity contribution in [3.63, 3.8) is 0 Å². The number of nitrogens with zero attached hydrogens (tertiary/aromatic N) is 2. The highest BCUT2D eigenvalue weighted by molar-refractivity contribution is 5.60. The second-order valence-electron chi connectivity index (χ2n) is 4.08. The normalized spacial score (nSPS) is 10.5. The first-order valence-electron chi connectivity index (χ1n) is 6.06. The zero-order valence-electron chi connectivity index (χ0n) is 10.4. The molecule has 3 nitrogen and oxygen atoms in total. The Kier molecular flexibility index (Phi) is 4.41. The summed E-state index contributed by atoms with van der Waals surface area (Å²) in [6.07, 6.45) is 1.80. The molecular weight excluding hydrogens is 248 g/mol. The molecule has 19 heavy (non-hydrogen) atoms. The number of aromatic nitrogens is 1. The molecule has 100 valence electrons. The maximum absolute atomic E-state index is 13.9. The van der Waals surface area contributed by atoms with Gasteiger partial charge in [0.05, 0.1) is 11.9 Å². The van der Waals surface area contributed by atoms with Gasteiger partial charge in [-0.3, -0.25) is 0 Å². The van der Waals surface area contributed by atoms with E-state index in [0.717, 1.165) is 6.20 Å². The summed E-state index contributed by atoms with van der Waals surface area (Å²) in [7, 11) is 0. The molecule has 2 N–H and O–H groups in total. The minimum atomic E-state index is -0.420. The fourth-order valence-corrected chi connectivity index (χ4v) is 1.81. The van der Waals surface area contributed by atoms with E-state index in [-0.39, 0.29) is 5.82 Å². The standard InChI is InChI=1S/C14H15F2N3/c15-11-6-7-14(18-10-11)19(9-3-8-17)13-5-2-1-4-12(13)16/h1-2,4-7,10H,3,8-9,17H2. The predicted molar refractivity (Wildman–Crippen MR) is 71.3 cm³/mol. The molecule has 5 heteroatoms. The van der Waals surface area contributed by atoms with E-state index in [1.54, 1.807) is 23.1 Å². The lowest BCUT2D eigenvalue weighted by atomic mass is 10.2. The summed E-state index contributed by atoms with van der Waals surface area (Å²) >= 11 is 0. The first-order valence-corrected chi connectivity index (χ1v) is 6.06. The number of halogens is 2. The summed E-state index contributed by atoms with van der Waals surface area (Å²) in [5, 5.41) is 0. The quantitative estimate of drug-likeness (QED) is 0.902. The number of hydrogen-bond donors (Lipinski definition) is 1. The van der Waals surface area contributed by atoms with Crippen molar-refractivity contribution in [1.82, 2.24) is 4.98 Å². The largest absolute Gasteiger partial charge is 0.330 e. The number of hydrogen-bond acceptors (Lipinski definition) is 3. The van der Waals surface area contributed by atoms with Gasteiger partial charge < -0.3 is 10.6 Å². The first-order chi connectivity index (χ1) is 9.22. The fraction of sp³-hybridized carbons (Fsp3) is 0.214. The molecule has 0 aliphatic heterocycles. The number of benzene rings is 1. The average Bonchev–Trinajstić information content (AvgIpc) is 2.43. The van der Waals surface area contributed by atoms with E-state index in [9.17, 15) is 8.78 Å². The molecule has 1 heterocycles. The number of para-hydroxylation sites is 1. The molecule has 0 unspecified atom stereocenters.